The minimum atomic E-state index is -0.206. The van der Waals surface area contributed by atoms with Crippen molar-refractivity contribution in [2.24, 2.45) is 0 Å². The number of fused-ring (bicyclic) bond motifs is 3. The molecule has 0 spiro atoms. The maximum absolute atomic E-state index is 13.8. The molecule has 0 unspecified atom stereocenters. The average Bonchev–Trinajstić information content (AvgIpc) is 3.02. The summed E-state index contributed by atoms with van der Waals surface area (Å²) in [6.45, 7) is 3.66. The third-order valence-corrected chi connectivity index (χ3v) is 5.30. The van der Waals surface area contributed by atoms with Gasteiger partial charge in [-0.2, -0.15) is 0 Å². The van der Waals surface area contributed by atoms with E-state index in [1.165, 1.54) is 22.9 Å². The smallest absolute Gasteiger partial charge is 0.143 e. The van der Waals surface area contributed by atoms with Crippen molar-refractivity contribution in [2.45, 2.75) is 33.1 Å². The lowest BCUT2D eigenvalue weighted by atomic mass is 10.1. The second-order valence-corrected chi connectivity index (χ2v) is 6.83. The van der Waals surface area contributed by atoms with Crippen molar-refractivity contribution in [2.75, 3.05) is 5.32 Å². The van der Waals surface area contributed by atoms with Gasteiger partial charge in [0.15, 0.2) is 0 Å². The summed E-state index contributed by atoms with van der Waals surface area (Å²) >= 11 is 1.77. The zero-order chi connectivity index (χ0) is 15.3. The van der Waals surface area contributed by atoms with E-state index in [4.69, 9.17) is 0 Å². The molecule has 0 aliphatic heterocycles. The Morgan fingerprint density at radius 3 is 2.86 bits per heavy atom. The van der Waals surface area contributed by atoms with Crippen LogP contribution in [-0.2, 0) is 12.8 Å². The van der Waals surface area contributed by atoms with Crippen LogP contribution in [-0.4, -0.2) is 9.97 Å². The number of nitrogens with one attached hydrogen (secondary N) is 1. The fourth-order valence-electron chi connectivity index (χ4n) is 3.00. The maximum Gasteiger partial charge on any atom is 0.143 e. The molecule has 0 fully saturated rings. The van der Waals surface area contributed by atoms with Gasteiger partial charge >= 0.3 is 0 Å². The summed E-state index contributed by atoms with van der Waals surface area (Å²) in [6, 6.07) is 5.18. The molecule has 0 saturated heterocycles. The highest BCUT2D eigenvalue weighted by molar-refractivity contribution is 7.19. The lowest BCUT2D eigenvalue weighted by Crippen LogP contribution is -1.99. The summed E-state index contributed by atoms with van der Waals surface area (Å²) in [4.78, 5) is 11.6. The number of rotatable bonds is 2. The van der Waals surface area contributed by atoms with Gasteiger partial charge in [0.1, 0.15) is 22.3 Å². The molecule has 4 rings (SSSR count). The fraction of sp³-hybridized carbons (Fsp3) is 0.294. The van der Waals surface area contributed by atoms with Gasteiger partial charge in [-0.3, -0.25) is 0 Å². The number of benzene rings is 1. The van der Waals surface area contributed by atoms with Crippen molar-refractivity contribution >= 4 is 33.1 Å². The normalized spacial score (nSPS) is 13.6. The van der Waals surface area contributed by atoms with Crippen LogP contribution in [0, 0.1) is 19.7 Å². The van der Waals surface area contributed by atoms with Crippen LogP contribution in [0.25, 0.3) is 10.2 Å². The summed E-state index contributed by atoms with van der Waals surface area (Å²) in [5.74, 6) is 1.33. The van der Waals surface area contributed by atoms with Crippen molar-refractivity contribution in [1.29, 1.82) is 0 Å². The first-order valence-corrected chi connectivity index (χ1v) is 8.25. The number of aryl methyl sites for hydroxylation is 4. The monoisotopic (exact) mass is 313 g/mol. The van der Waals surface area contributed by atoms with Crippen LogP contribution in [0.3, 0.4) is 0 Å². The number of thiophene rings is 1. The standard InChI is InChI=1S/C17H16FN3S/c1-9-6-7-11(8-13(9)18)21-16-15-12-4-3-5-14(12)22-17(15)20-10(2)19-16/h6-8H,3-5H2,1-2H3,(H,19,20,21). The van der Waals surface area contributed by atoms with Gasteiger partial charge in [0, 0.05) is 10.6 Å². The first kappa shape index (κ1) is 13.6. The summed E-state index contributed by atoms with van der Waals surface area (Å²) in [5, 5.41) is 4.40. The first-order valence-electron chi connectivity index (χ1n) is 7.44. The van der Waals surface area contributed by atoms with Gasteiger partial charge in [-0.25, -0.2) is 14.4 Å². The molecule has 0 radical (unpaired) electrons. The molecule has 0 saturated carbocycles. The van der Waals surface area contributed by atoms with E-state index in [1.54, 1.807) is 24.3 Å². The molecule has 3 nitrogen and oxygen atoms in total. The van der Waals surface area contributed by atoms with Gasteiger partial charge in [-0.1, -0.05) is 6.07 Å². The van der Waals surface area contributed by atoms with Gasteiger partial charge in [0.25, 0.3) is 0 Å². The molecule has 1 aromatic carbocycles. The van der Waals surface area contributed by atoms with E-state index in [0.29, 0.717) is 5.56 Å². The predicted molar refractivity (Wildman–Crippen MR) is 88.6 cm³/mol. The third kappa shape index (κ3) is 2.16. The van der Waals surface area contributed by atoms with Crippen LogP contribution in [0.1, 0.15) is 28.2 Å². The summed E-state index contributed by atoms with van der Waals surface area (Å²) in [5.41, 5.74) is 2.74. The molecule has 5 heteroatoms. The summed E-state index contributed by atoms with van der Waals surface area (Å²) < 4.78 is 13.8. The molecule has 112 valence electrons. The van der Waals surface area contributed by atoms with Crippen LogP contribution in [0.5, 0.6) is 0 Å². The number of hydrogen-bond acceptors (Lipinski definition) is 4. The van der Waals surface area contributed by atoms with Gasteiger partial charge in [0.2, 0.25) is 0 Å². The molecule has 0 atom stereocenters. The molecule has 1 aliphatic carbocycles. The van der Waals surface area contributed by atoms with E-state index >= 15 is 0 Å². The van der Waals surface area contributed by atoms with Crippen LogP contribution in [0.2, 0.25) is 0 Å². The Morgan fingerprint density at radius 1 is 1.18 bits per heavy atom. The molecular weight excluding hydrogens is 297 g/mol. The SMILES string of the molecule is Cc1nc(Nc2ccc(C)c(F)c2)c2c3c(sc2n1)CCC3. The van der Waals surface area contributed by atoms with Gasteiger partial charge in [-0.05, 0) is 56.4 Å². The highest BCUT2D eigenvalue weighted by atomic mass is 32.1. The number of aromatic nitrogens is 2. The topological polar surface area (TPSA) is 37.8 Å². The number of anilines is 2. The highest BCUT2D eigenvalue weighted by Gasteiger charge is 2.22. The van der Waals surface area contributed by atoms with E-state index in [1.807, 2.05) is 13.0 Å². The first-order chi connectivity index (χ1) is 10.6. The Kier molecular flexibility index (Phi) is 3.11. The average molecular weight is 313 g/mol. The Balaban J connectivity index is 1.85. The molecule has 1 aliphatic rings. The molecule has 0 amide bonds. The van der Waals surface area contributed by atoms with E-state index in [0.717, 1.165) is 40.4 Å². The fourth-order valence-corrected chi connectivity index (χ4v) is 4.31. The molecule has 2 aromatic heterocycles. The second-order valence-electron chi connectivity index (χ2n) is 5.75. The number of hydrogen-bond donors (Lipinski definition) is 1. The molecular formula is C17H16FN3S. The van der Waals surface area contributed by atoms with Crippen LogP contribution < -0.4 is 5.32 Å². The predicted octanol–water partition coefficient (Wildman–Crippen LogP) is 4.68. The quantitative estimate of drug-likeness (QED) is 0.746. The second kappa shape index (κ2) is 5.02. The Hall–Kier alpha value is -2.01. The van der Waals surface area contributed by atoms with Crippen LogP contribution in [0.15, 0.2) is 18.2 Å². The van der Waals surface area contributed by atoms with E-state index < -0.39 is 0 Å². The van der Waals surface area contributed by atoms with E-state index in [2.05, 4.69) is 15.3 Å². The zero-order valence-corrected chi connectivity index (χ0v) is 13.4. The molecule has 0 bridgehead atoms. The van der Waals surface area contributed by atoms with E-state index in [9.17, 15) is 4.39 Å². The Morgan fingerprint density at radius 2 is 2.05 bits per heavy atom. The summed E-state index contributed by atoms with van der Waals surface area (Å²) in [7, 11) is 0. The largest absolute Gasteiger partial charge is 0.339 e. The van der Waals surface area contributed by atoms with Crippen molar-refractivity contribution in [1.82, 2.24) is 9.97 Å². The Bertz CT molecular complexity index is 885. The molecule has 1 N–H and O–H groups in total. The highest BCUT2D eigenvalue weighted by Crippen LogP contribution is 2.40. The molecule has 22 heavy (non-hydrogen) atoms. The summed E-state index contributed by atoms with van der Waals surface area (Å²) in [6.07, 6.45) is 3.41. The van der Waals surface area contributed by atoms with Gasteiger partial charge in [0.05, 0.1) is 5.39 Å². The lowest BCUT2D eigenvalue weighted by Gasteiger charge is -2.09. The molecule has 2 heterocycles. The van der Waals surface area contributed by atoms with Crippen molar-refractivity contribution in [3.63, 3.8) is 0 Å². The van der Waals surface area contributed by atoms with Gasteiger partial charge < -0.3 is 5.32 Å². The molecule has 3 aromatic rings. The van der Waals surface area contributed by atoms with Crippen LogP contribution in [0.4, 0.5) is 15.9 Å². The van der Waals surface area contributed by atoms with Crippen molar-refractivity contribution in [3.05, 3.63) is 45.8 Å². The minimum Gasteiger partial charge on any atom is -0.339 e. The zero-order valence-electron chi connectivity index (χ0n) is 12.5. The van der Waals surface area contributed by atoms with Crippen molar-refractivity contribution in [3.8, 4) is 0 Å². The number of halogens is 1. The maximum atomic E-state index is 13.8. The van der Waals surface area contributed by atoms with Gasteiger partial charge in [-0.15, -0.1) is 11.3 Å². The minimum absolute atomic E-state index is 0.206. The van der Waals surface area contributed by atoms with Crippen molar-refractivity contribution < 1.29 is 4.39 Å². The van der Waals surface area contributed by atoms with Crippen LogP contribution >= 0.6 is 11.3 Å². The Labute approximate surface area is 132 Å². The van der Waals surface area contributed by atoms with E-state index in [-0.39, 0.29) is 5.82 Å². The lowest BCUT2D eigenvalue weighted by molar-refractivity contribution is 0.619. The third-order valence-electron chi connectivity index (χ3n) is 4.11. The number of nitrogens with zero attached hydrogens (tertiary/aromatic N) is 2.